The number of aryl methyl sites for hydroxylation is 1. The Hall–Kier alpha value is -1.14. The van der Waals surface area contributed by atoms with E-state index in [1.165, 1.54) is 11.3 Å². The van der Waals surface area contributed by atoms with Crippen LogP contribution in [0.2, 0.25) is 0 Å². The third kappa shape index (κ3) is 1.95. The number of anilines is 1. The smallest absolute Gasteiger partial charge is 0.331 e. The predicted molar refractivity (Wildman–Crippen MR) is 56.3 cm³/mol. The van der Waals surface area contributed by atoms with E-state index in [1.807, 2.05) is 12.3 Å². The number of nitrogens with zero attached hydrogens (tertiary/aromatic N) is 1. The minimum Gasteiger partial charge on any atom is -0.479 e. The lowest BCUT2D eigenvalue weighted by atomic mass is 10.00. The monoisotopic (exact) mass is 228 g/mol. The van der Waals surface area contributed by atoms with E-state index in [-0.39, 0.29) is 6.61 Å². The Balaban J connectivity index is 2.17. The number of rotatable bonds is 3. The zero-order chi connectivity index (χ0) is 10.9. The van der Waals surface area contributed by atoms with E-state index >= 15 is 0 Å². The fourth-order valence-corrected chi connectivity index (χ4v) is 2.29. The lowest BCUT2D eigenvalue weighted by Gasteiger charge is -2.22. The van der Waals surface area contributed by atoms with Crippen LogP contribution in [0.5, 0.6) is 0 Å². The lowest BCUT2D eigenvalue weighted by molar-refractivity contribution is -0.142. The van der Waals surface area contributed by atoms with Gasteiger partial charge in [0.1, 0.15) is 0 Å². The highest BCUT2D eigenvalue weighted by molar-refractivity contribution is 7.13. The molecule has 1 aliphatic rings. The van der Waals surface area contributed by atoms with Crippen LogP contribution in [0.1, 0.15) is 12.1 Å². The van der Waals surface area contributed by atoms with Crippen LogP contribution in [-0.2, 0) is 9.53 Å². The predicted octanol–water partition coefficient (Wildman–Crippen LogP) is 1.11. The SMILES string of the molecule is Cc1csc(NC2(C(=O)O)CCOC2)n1. The number of nitrogens with one attached hydrogen (secondary N) is 1. The van der Waals surface area contributed by atoms with Gasteiger partial charge in [-0.25, -0.2) is 9.78 Å². The van der Waals surface area contributed by atoms with Crippen molar-refractivity contribution in [2.45, 2.75) is 18.9 Å². The van der Waals surface area contributed by atoms with Gasteiger partial charge in [0.15, 0.2) is 10.7 Å². The van der Waals surface area contributed by atoms with Crippen molar-refractivity contribution in [2.75, 3.05) is 18.5 Å². The first-order chi connectivity index (χ1) is 7.12. The highest BCUT2D eigenvalue weighted by Crippen LogP contribution is 2.26. The molecule has 0 aliphatic carbocycles. The normalized spacial score (nSPS) is 25.4. The van der Waals surface area contributed by atoms with Gasteiger partial charge in [-0.1, -0.05) is 0 Å². The topological polar surface area (TPSA) is 71.5 Å². The van der Waals surface area contributed by atoms with Crippen molar-refractivity contribution in [3.8, 4) is 0 Å². The first-order valence-electron chi connectivity index (χ1n) is 4.64. The molecule has 5 nitrogen and oxygen atoms in total. The van der Waals surface area contributed by atoms with Crippen LogP contribution in [0.3, 0.4) is 0 Å². The van der Waals surface area contributed by atoms with E-state index in [0.29, 0.717) is 18.2 Å². The van der Waals surface area contributed by atoms with Crippen LogP contribution in [0.4, 0.5) is 5.13 Å². The Kier molecular flexibility index (Phi) is 2.62. The first-order valence-corrected chi connectivity index (χ1v) is 5.52. The molecule has 1 aliphatic heterocycles. The summed E-state index contributed by atoms with van der Waals surface area (Å²) in [6.07, 6.45) is 0.473. The number of hydrogen-bond donors (Lipinski definition) is 2. The summed E-state index contributed by atoms with van der Waals surface area (Å²) in [7, 11) is 0. The van der Waals surface area contributed by atoms with Gasteiger partial charge in [0.05, 0.1) is 12.3 Å². The number of carbonyl (C=O) groups is 1. The molecule has 15 heavy (non-hydrogen) atoms. The Labute approximate surface area is 91.1 Å². The third-order valence-electron chi connectivity index (χ3n) is 2.40. The Morgan fingerprint density at radius 1 is 1.80 bits per heavy atom. The van der Waals surface area contributed by atoms with Crippen molar-refractivity contribution in [2.24, 2.45) is 0 Å². The third-order valence-corrected chi connectivity index (χ3v) is 3.27. The minimum absolute atomic E-state index is 0.195. The highest BCUT2D eigenvalue weighted by atomic mass is 32.1. The second kappa shape index (κ2) is 3.79. The quantitative estimate of drug-likeness (QED) is 0.810. The van der Waals surface area contributed by atoms with Crippen molar-refractivity contribution in [1.29, 1.82) is 0 Å². The summed E-state index contributed by atoms with van der Waals surface area (Å²) in [5, 5.41) is 14.6. The van der Waals surface area contributed by atoms with Gasteiger partial charge in [-0.2, -0.15) is 0 Å². The van der Waals surface area contributed by atoms with Crippen molar-refractivity contribution in [3.63, 3.8) is 0 Å². The van der Waals surface area contributed by atoms with Gasteiger partial charge in [0.2, 0.25) is 0 Å². The fourth-order valence-electron chi connectivity index (χ4n) is 1.50. The second-order valence-corrected chi connectivity index (χ2v) is 4.47. The van der Waals surface area contributed by atoms with E-state index in [4.69, 9.17) is 9.84 Å². The molecular weight excluding hydrogens is 216 g/mol. The maximum Gasteiger partial charge on any atom is 0.331 e. The number of aliphatic carboxylic acids is 1. The standard InChI is InChI=1S/C9H12N2O3S/c1-6-4-15-8(10-6)11-9(7(12)13)2-3-14-5-9/h4H,2-3,5H2,1H3,(H,10,11)(H,12,13). The van der Waals surface area contributed by atoms with Crippen LogP contribution in [-0.4, -0.2) is 34.8 Å². The molecule has 1 unspecified atom stereocenters. The van der Waals surface area contributed by atoms with E-state index in [9.17, 15) is 4.79 Å². The van der Waals surface area contributed by atoms with Crippen molar-refractivity contribution >= 4 is 22.4 Å². The molecule has 2 heterocycles. The number of hydrogen-bond acceptors (Lipinski definition) is 5. The van der Waals surface area contributed by atoms with Gasteiger partial charge in [-0.05, 0) is 6.92 Å². The fraction of sp³-hybridized carbons (Fsp3) is 0.556. The molecule has 2 N–H and O–H groups in total. The van der Waals surface area contributed by atoms with Gasteiger partial charge in [-0.3, -0.25) is 0 Å². The zero-order valence-corrected chi connectivity index (χ0v) is 9.13. The average Bonchev–Trinajstić information content (AvgIpc) is 2.77. The summed E-state index contributed by atoms with van der Waals surface area (Å²) in [6, 6.07) is 0. The summed E-state index contributed by atoms with van der Waals surface area (Å²) >= 11 is 1.41. The summed E-state index contributed by atoms with van der Waals surface area (Å²) in [5.41, 5.74) is -0.105. The summed E-state index contributed by atoms with van der Waals surface area (Å²) < 4.78 is 5.13. The molecule has 6 heteroatoms. The number of aromatic nitrogens is 1. The number of thiazole rings is 1. The molecule has 1 atom stereocenters. The van der Waals surface area contributed by atoms with Crippen LogP contribution in [0.15, 0.2) is 5.38 Å². The number of ether oxygens (including phenoxy) is 1. The molecule has 1 aromatic rings. The zero-order valence-electron chi connectivity index (χ0n) is 8.32. The maximum absolute atomic E-state index is 11.2. The van der Waals surface area contributed by atoms with E-state index in [1.54, 1.807) is 0 Å². The van der Waals surface area contributed by atoms with Crippen LogP contribution in [0, 0.1) is 6.92 Å². The van der Waals surface area contributed by atoms with Crippen molar-refractivity contribution in [1.82, 2.24) is 4.98 Å². The van der Waals surface area contributed by atoms with E-state index in [2.05, 4.69) is 10.3 Å². The average molecular weight is 228 g/mol. The number of carboxylic acid groups (broad SMARTS) is 1. The summed E-state index contributed by atoms with van der Waals surface area (Å²) in [5.74, 6) is -0.882. The molecule has 0 saturated carbocycles. The molecule has 2 rings (SSSR count). The molecule has 0 amide bonds. The van der Waals surface area contributed by atoms with Gasteiger partial charge >= 0.3 is 5.97 Å². The Morgan fingerprint density at radius 3 is 3.07 bits per heavy atom. The molecule has 1 fully saturated rings. The first kappa shape index (κ1) is 10.4. The van der Waals surface area contributed by atoms with Crippen LogP contribution in [0.25, 0.3) is 0 Å². The molecule has 0 bridgehead atoms. The number of carboxylic acids is 1. The highest BCUT2D eigenvalue weighted by Gasteiger charge is 2.43. The van der Waals surface area contributed by atoms with Gasteiger partial charge in [-0.15, -0.1) is 11.3 Å². The minimum atomic E-state index is -0.996. The molecule has 1 aromatic heterocycles. The molecule has 82 valence electrons. The Bertz CT molecular complexity index is 371. The summed E-state index contributed by atoms with van der Waals surface area (Å²) in [4.78, 5) is 15.4. The van der Waals surface area contributed by atoms with E-state index in [0.717, 1.165) is 5.69 Å². The van der Waals surface area contributed by atoms with Gasteiger partial charge in [0, 0.05) is 18.4 Å². The molecule has 0 spiro atoms. The second-order valence-electron chi connectivity index (χ2n) is 3.61. The summed E-state index contributed by atoms with van der Waals surface area (Å²) in [6.45, 7) is 2.55. The van der Waals surface area contributed by atoms with Gasteiger partial charge < -0.3 is 15.2 Å². The van der Waals surface area contributed by atoms with Crippen molar-refractivity contribution in [3.05, 3.63) is 11.1 Å². The molecule has 1 saturated heterocycles. The largest absolute Gasteiger partial charge is 0.479 e. The maximum atomic E-state index is 11.2. The van der Waals surface area contributed by atoms with E-state index < -0.39 is 11.5 Å². The lowest BCUT2D eigenvalue weighted by Crippen LogP contribution is -2.47. The van der Waals surface area contributed by atoms with Gasteiger partial charge in [0.25, 0.3) is 0 Å². The van der Waals surface area contributed by atoms with Crippen LogP contribution < -0.4 is 5.32 Å². The van der Waals surface area contributed by atoms with Crippen molar-refractivity contribution < 1.29 is 14.6 Å². The molecular formula is C9H12N2O3S. The molecule has 0 radical (unpaired) electrons. The molecule has 0 aromatic carbocycles. The van der Waals surface area contributed by atoms with Crippen LogP contribution >= 0.6 is 11.3 Å². The Morgan fingerprint density at radius 2 is 2.60 bits per heavy atom.